The van der Waals surface area contributed by atoms with E-state index in [1.54, 1.807) is 0 Å². The van der Waals surface area contributed by atoms with Crippen LogP contribution in [0.1, 0.15) is 0 Å². The summed E-state index contributed by atoms with van der Waals surface area (Å²) in [4.78, 5) is 0. The molecular formula is C7H6N4S2. The van der Waals surface area contributed by atoms with E-state index in [9.17, 15) is 0 Å². The van der Waals surface area contributed by atoms with E-state index >= 15 is 0 Å². The Morgan fingerprint density at radius 1 is 1.38 bits per heavy atom. The predicted octanol–water partition coefficient (Wildman–Crippen LogP) is 1.35. The van der Waals surface area contributed by atoms with Gasteiger partial charge in [-0.15, -0.1) is 0 Å². The van der Waals surface area contributed by atoms with Crippen LogP contribution in [0.5, 0.6) is 0 Å². The average Bonchev–Trinajstić information content (AvgIpc) is 2.49. The number of nitrogens with zero attached hydrogens (tertiary/aromatic N) is 2. The Balaban J connectivity index is 2.42. The fraction of sp³-hybridized carbons (Fsp3) is 0. The molecule has 0 fully saturated rings. The maximum absolute atomic E-state index is 5.33. The van der Waals surface area contributed by atoms with E-state index in [1.165, 1.54) is 11.7 Å². The van der Waals surface area contributed by atoms with Crippen molar-refractivity contribution in [1.82, 2.24) is 8.75 Å². The Morgan fingerprint density at radius 2 is 2.15 bits per heavy atom. The second-order valence-electron chi connectivity index (χ2n) is 2.46. The number of rotatable bonds is 1. The smallest absolute Gasteiger partial charge is 0.168 e. The third kappa shape index (κ3) is 1.73. The number of thiocarbonyl (C=S) groups is 1. The van der Waals surface area contributed by atoms with Crippen molar-refractivity contribution in [2.45, 2.75) is 0 Å². The highest BCUT2D eigenvalue weighted by Gasteiger charge is 1.99. The lowest BCUT2D eigenvalue weighted by molar-refractivity contribution is 1.59. The van der Waals surface area contributed by atoms with E-state index < -0.39 is 0 Å². The molecule has 2 aromatic rings. The molecule has 13 heavy (non-hydrogen) atoms. The number of anilines is 1. The largest absolute Gasteiger partial charge is 0.376 e. The second-order valence-corrected chi connectivity index (χ2v) is 3.43. The van der Waals surface area contributed by atoms with Gasteiger partial charge in [0.05, 0.1) is 11.7 Å². The van der Waals surface area contributed by atoms with Gasteiger partial charge >= 0.3 is 0 Å². The molecule has 0 spiro atoms. The molecule has 0 aliphatic heterocycles. The molecule has 6 heteroatoms. The summed E-state index contributed by atoms with van der Waals surface area (Å²) in [6.07, 6.45) is 0. The topological polar surface area (TPSA) is 63.8 Å². The molecule has 1 heterocycles. The van der Waals surface area contributed by atoms with Crippen LogP contribution in [0.4, 0.5) is 5.69 Å². The fourth-order valence-corrected chi connectivity index (χ4v) is 1.64. The van der Waals surface area contributed by atoms with Crippen molar-refractivity contribution in [1.29, 1.82) is 0 Å². The van der Waals surface area contributed by atoms with Crippen LogP contribution in [-0.2, 0) is 0 Å². The zero-order valence-electron chi connectivity index (χ0n) is 6.52. The minimum Gasteiger partial charge on any atom is -0.376 e. The molecule has 3 N–H and O–H groups in total. The van der Waals surface area contributed by atoms with Gasteiger partial charge in [0, 0.05) is 5.69 Å². The van der Waals surface area contributed by atoms with Crippen molar-refractivity contribution in [3.63, 3.8) is 0 Å². The highest BCUT2D eigenvalue weighted by Crippen LogP contribution is 2.16. The highest BCUT2D eigenvalue weighted by atomic mass is 32.1. The molecule has 0 bridgehead atoms. The minimum absolute atomic E-state index is 0.252. The van der Waals surface area contributed by atoms with Crippen LogP contribution in [0, 0.1) is 0 Å². The summed E-state index contributed by atoms with van der Waals surface area (Å²) < 4.78 is 8.17. The molecule has 0 amide bonds. The molecule has 0 unspecified atom stereocenters. The van der Waals surface area contributed by atoms with Crippen molar-refractivity contribution in [2.75, 3.05) is 5.32 Å². The molecule has 2 rings (SSSR count). The van der Waals surface area contributed by atoms with Crippen LogP contribution in [0.2, 0.25) is 0 Å². The third-order valence-corrected chi connectivity index (χ3v) is 2.18. The zero-order chi connectivity index (χ0) is 9.26. The summed E-state index contributed by atoms with van der Waals surface area (Å²) in [5.74, 6) is 0. The first-order valence-corrected chi connectivity index (χ1v) is 4.68. The Morgan fingerprint density at radius 3 is 2.92 bits per heavy atom. The van der Waals surface area contributed by atoms with Gasteiger partial charge in [-0.25, -0.2) is 0 Å². The summed E-state index contributed by atoms with van der Waals surface area (Å²) in [6.45, 7) is 0. The number of benzene rings is 1. The van der Waals surface area contributed by atoms with Gasteiger partial charge in [0.2, 0.25) is 0 Å². The monoisotopic (exact) mass is 210 g/mol. The number of hydrogen-bond donors (Lipinski definition) is 2. The van der Waals surface area contributed by atoms with Crippen LogP contribution in [0.15, 0.2) is 18.2 Å². The lowest BCUT2D eigenvalue weighted by Crippen LogP contribution is -2.18. The van der Waals surface area contributed by atoms with Gasteiger partial charge < -0.3 is 11.1 Å². The van der Waals surface area contributed by atoms with E-state index in [0.29, 0.717) is 0 Å². The lowest BCUT2D eigenvalue weighted by Gasteiger charge is -2.01. The lowest BCUT2D eigenvalue weighted by atomic mass is 10.3. The number of fused-ring (bicyclic) bond motifs is 1. The van der Waals surface area contributed by atoms with Gasteiger partial charge in [0.15, 0.2) is 5.11 Å². The van der Waals surface area contributed by atoms with Gasteiger partial charge in [-0.1, -0.05) is 0 Å². The van der Waals surface area contributed by atoms with Crippen LogP contribution in [0.3, 0.4) is 0 Å². The van der Waals surface area contributed by atoms with Crippen LogP contribution < -0.4 is 11.1 Å². The summed E-state index contributed by atoms with van der Waals surface area (Å²) in [6, 6.07) is 5.60. The summed E-state index contributed by atoms with van der Waals surface area (Å²) in [5.41, 5.74) is 7.91. The van der Waals surface area contributed by atoms with E-state index in [1.807, 2.05) is 18.2 Å². The van der Waals surface area contributed by atoms with Gasteiger partial charge in [-0.05, 0) is 30.4 Å². The Labute approximate surface area is 84.1 Å². The molecule has 4 nitrogen and oxygen atoms in total. The number of hydrogen-bond acceptors (Lipinski definition) is 4. The first-order chi connectivity index (χ1) is 6.25. The van der Waals surface area contributed by atoms with E-state index in [4.69, 9.17) is 18.0 Å². The molecule has 66 valence electrons. The normalized spacial score (nSPS) is 10.2. The summed E-state index contributed by atoms with van der Waals surface area (Å²) >= 11 is 5.90. The average molecular weight is 210 g/mol. The molecule has 0 aliphatic carbocycles. The van der Waals surface area contributed by atoms with Crippen molar-refractivity contribution >= 4 is 45.8 Å². The SMILES string of the molecule is NC(=S)Nc1ccc2nsnc2c1. The zero-order valence-corrected chi connectivity index (χ0v) is 8.15. The van der Waals surface area contributed by atoms with Crippen LogP contribution >= 0.6 is 23.9 Å². The van der Waals surface area contributed by atoms with Crippen molar-refractivity contribution in [3.05, 3.63) is 18.2 Å². The van der Waals surface area contributed by atoms with Gasteiger partial charge in [-0.3, -0.25) is 0 Å². The van der Waals surface area contributed by atoms with Gasteiger partial charge in [0.1, 0.15) is 11.0 Å². The predicted molar refractivity (Wildman–Crippen MR) is 57.8 cm³/mol. The third-order valence-electron chi connectivity index (χ3n) is 1.52. The van der Waals surface area contributed by atoms with Crippen LogP contribution in [0.25, 0.3) is 11.0 Å². The molecule has 0 saturated heterocycles. The van der Waals surface area contributed by atoms with E-state index in [2.05, 4.69) is 14.1 Å². The standard InChI is InChI=1S/C7H6N4S2/c8-7(12)9-4-1-2-5-6(3-4)11-13-10-5/h1-3H,(H3,8,9,12). The molecule has 1 aromatic carbocycles. The molecular weight excluding hydrogens is 204 g/mol. The quantitative estimate of drug-likeness (QED) is 0.695. The molecule has 0 saturated carbocycles. The van der Waals surface area contributed by atoms with Gasteiger partial charge in [-0.2, -0.15) is 8.75 Å². The van der Waals surface area contributed by atoms with E-state index in [-0.39, 0.29) is 5.11 Å². The number of nitrogens with two attached hydrogens (primary N) is 1. The first-order valence-electron chi connectivity index (χ1n) is 3.54. The molecule has 1 aromatic heterocycles. The molecule has 0 atom stereocenters. The van der Waals surface area contributed by atoms with E-state index in [0.717, 1.165) is 16.7 Å². The highest BCUT2D eigenvalue weighted by molar-refractivity contribution is 7.80. The maximum atomic E-state index is 5.33. The van der Waals surface area contributed by atoms with Crippen molar-refractivity contribution in [3.8, 4) is 0 Å². The second kappa shape index (κ2) is 3.23. The number of nitrogens with one attached hydrogen (secondary N) is 1. The van der Waals surface area contributed by atoms with Crippen molar-refractivity contribution in [2.24, 2.45) is 5.73 Å². The molecule has 0 aliphatic rings. The van der Waals surface area contributed by atoms with Crippen molar-refractivity contribution < 1.29 is 0 Å². The summed E-state index contributed by atoms with van der Waals surface area (Å²) in [5, 5.41) is 3.09. The first kappa shape index (κ1) is 8.33. The minimum atomic E-state index is 0.252. The molecule has 0 radical (unpaired) electrons. The fourth-order valence-electron chi connectivity index (χ4n) is 1.00. The Bertz CT molecular complexity index is 450. The van der Waals surface area contributed by atoms with Crippen LogP contribution in [-0.4, -0.2) is 13.9 Å². The summed E-state index contributed by atoms with van der Waals surface area (Å²) in [7, 11) is 0. The van der Waals surface area contributed by atoms with Gasteiger partial charge in [0.25, 0.3) is 0 Å². The Hall–Kier alpha value is -1.27. The maximum Gasteiger partial charge on any atom is 0.168 e. The Kier molecular flexibility index (Phi) is 2.07. The number of aromatic nitrogens is 2.